The fourth-order valence-corrected chi connectivity index (χ4v) is 5.64. The molecule has 0 unspecified atom stereocenters. The van der Waals surface area contributed by atoms with Gasteiger partial charge >= 0.3 is 0 Å². The maximum absolute atomic E-state index is 13.8. The van der Waals surface area contributed by atoms with Gasteiger partial charge in [0.15, 0.2) is 11.6 Å². The van der Waals surface area contributed by atoms with Gasteiger partial charge in [0.25, 0.3) is 5.91 Å². The molecule has 4 aromatic rings. The van der Waals surface area contributed by atoms with Crippen LogP contribution in [0.4, 0.5) is 28.8 Å². The molecule has 1 fully saturated rings. The van der Waals surface area contributed by atoms with Crippen molar-refractivity contribution in [1.82, 2.24) is 20.2 Å². The van der Waals surface area contributed by atoms with E-state index in [0.717, 1.165) is 36.6 Å². The summed E-state index contributed by atoms with van der Waals surface area (Å²) in [5.74, 6) is 1.68. The van der Waals surface area contributed by atoms with Crippen LogP contribution >= 0.6 is 0 Å². The SMILES string of the molecule is COc1c(Nc2ncc3c(n2)N(C2CCCCC2)[C@H](C)C(=O)N3c2cccc(C#N)c2)ccc2[nH]ncc12. The van der Waals surface area contributed by atoms with E-state index in [9.17, 15) is 10.1 Å². The van der Waals surface area contributed by atoms with Crippen molar-refractivity contribution in [3.05, 3.63) is 54.4 Å². The highest BCUT2D eigenvalue weighted by molar-refractivity contribution is 6.10. The number of carbonyl (C=O) groups is 1. The standard InChI is InChI=1S/C28H28N8O2/c1-17-27(37)36(20-10-6-7-18(13-20)14-29)24-16-30-28(33-26(24)35(17)19-8-4-3-5-9-19)32-23-12-11-22-21(15-31-34-22)25(23)38-2/h6-7,10-13,15-17,19H,3-5,8-9H2,1-2H3,(H,31,34)(H,30,32,33)/t17-/m1/s1. The van der Waals surface area contributed by atoms with E-state index in [2.05, 4.69) is 31.5 Å². The number of aromatic amines is 1. The molecule has 2 aliphatic rings. The quantitative estimate of drug-likeness (QED) is 0.378. The molecular weight excluding hydrogens is 480 g/mol. The third-order valence-corrected chi connectivity index (χ3v) is 7.46. The first kappa shape index (κ1) is 23.7. The van der Waals surface area contributed by atoms with Crippen molar-refractivity contribution < 1.29 is 9.53 Å². The van der Waals surface area contributed by atoms with Gasteiger partial charge in [-0.25, -0.2) is 4.98 Å². The van der Waals surface area contributed by atoms with E-state index in [1.165, 1.54) is 6.42 Å². The van der Waals surface area contributed by atoms with Crippen LogP contribution in [0, 0.1) is 11.3 Å². The van der Waals surface area contributed by atoms with E-state index < -0.39 is 6.04 Å². The molecule has 1 amide bonds. The number of fused-ring (bicyclic) bond motifs is 2. The van der Waals surface area contributed by atoms with Gasteiger partial charge < -0.3 is 15.0 Å². The first-order valence-corrected chi connectivity index (χ1v) is 12.9. The first-order valence-electron chi connectivity index (χ1n) is 12.9. The third kappa shape index (κ3) is 3.96. The van der Waals surface area contributed by atoms with Crippen LogP contribution < -0.4 is 19.9 Å². The Morgan fingerprint density at radius 3 is 2.79 bits per heavy atom. The zero-order valence-electron chi connectivity index (χ0n) is 21.3. The molecule has 192 valence electrons. The van der Waals surface area contributed by atoms with E-state index >= 15 is 0 Å². The van der Waals surface area contributed by atoms with E-state index in [0.29, 0.717) is 40.1 Å². The summed E-state index contributed by atoms with van der Waals surface area (Å²) in [6.07, 6.45) is 8.90. The van der Waals surface area contributed by atoms with Crippen LogP contribution in [0.2, 0.25) is 0 Å². The number of nitrogens with one attached hydrogen (secondary N) is 2. The van der Waals surface area contributed by atoms with Gasteiger partial charge in [-0.3, -0.25) is 14.8 Å². The molecule has 0 saturated heterocycles. The lowest BCUT2D eigenvalue weighted by Crippen LogP contribution is -2.55. The zero-order chi connectivity index (χ0) is 26.2. The normalized spacial score (nSPS) is 17.8. The number of nitrogens with zero attached hydrogens (tertiary/aromatic N) is 6. The van der Waals surface area contributed by atoms with Crippen LogP contribution in [0.3, 0.4) is 0 Å². The van der Waals surface area contributed by atoms with Crippen molar-refractivity contribution in [3.8, 4) is 11.8 Å². The van der Waals surface area contributed by atoms with E-state index in [1.807, 2.05) is 25.1 Å². The van der Waals surface area contributed by atoms with Crippen LogP contribution in [0.25, 0.3) is 10.9 Å². The number of ether oxygens (including phenoxy) is 1. The molecule has 6 rings (SSSR count). The summed E-state index contributed by atoms with van der Waals surface area (Å²) in [4.78, 5) is 27.2. The molecule has 0 bridgehead atoms. The highest BCUT2D eigenvalue weighted by Crippen LogP contribution is 2.43. The highest BCUT2D eigenvalue weighted by atomic mass is 16.5. The number of carbonyl (C=O) groups excluding carboxylic acids is 1. The second-order valence-corrected chi connectivity index (χ2v) is 9.72. The predicted octanol–water partition coefficient (Wildman–Crippen LogP) is 5.18. The average molecular weight is 509 g/mol. The number of nitriles is 1. The summed E-state index contributed by atoms with van der Waals surface area (Å²) in [5.41, 5.74) is 3.30. The van der Waals surface area contributed by atoms with Gasteiger partial charge in [0, 0.05) is 6.04 Å². The molecule has 2 N–H and O–H groups in total. The monoisotopic (exact) mass is 508 g/mol. The predicted molar refractivity (Wildman–Crippen MR) is 145 cm³/mol. The van der Waals surface area contributed by atoms with Crippen molar-refractivity contribution >= 4 is 45.6 Å². The first-order chi connectivity index (χ1) is 18.6. The number of hydrogen-bond acceptors (Lipinski definition) is 8. The van der Waals surface area contributed by atoms with Crippen LogP contribution in [0.15, 0.2) is 48.8 Å². The van der Waals surface area contributed by atoms with Crippen molar-refractivity contribution in [1.29, 1.82) is 5.26 Å². The maximum Gasteiger partial charge on any atom is 0.254 e. The van der Waals surface area contributed by atoms with Gasteiger partial charge in [0.1, 0.15) is 11.7 Å². The molecule has 2 aromatic carbocycles. The van der Waals surface area contributed by atoms with Gasteiger partial charge in [-0.15, -0.1) is 0 Å². The number of anilines is 5. The summed E-state index contributed by atoms with van der Waals surface area (Å²) in [6.45, 7) is 1.94. The lowest BCUT2D eigenvalue weighted by molar-refractivity contribution is -0.119. The van der Waals surface area contributed by atoms with Gasteiger partial charge in [-0.2, -0.15) is 15.3 Å². The Kier molecular flexibility index (Phi) is 6.04. The van der Waals surface area contributed by atoms with E-state index in [4.69, 9.17) is 9.72 Å². The number of aromatic nitrogens is 4. The molecule has 0 spiro atoms. The Morgan fingerprint density at radius 1 is 1.16 bits per heavy atom. The highest BCUT2D eigenvalue weighted by Gasteiger charge is 2.41. The Balaban J connectivity index is 1.46. The lowest BCUT2D eigenvalue weighted by Gasteiger charge is -2.45. The zero-order valence-corrected chi connectivity index (χ0v) is 21.3. The van der Waals surface area contributed by atoms with Crippen LogP contribution in [-0.2, 0) is 4.79 Å². The Bertz CT molecular complexity index is 1550. The fourth-order valence-electron chi connectivity index (χ4n) is 5.64. The summed E-state index contributed by atoms with van der Waals surface area (Å²) in [6, 6.07) is 12.9. The molecule has 1 aliphatic heterocycles. The third-order valence-electron chi connectivity index (χ3n) is 7.46. The van der Waals surface area contributed by atoms with Crippen LogP contribution in [0.5, 0.6) is 5.75 Å². The minimum atomic E-state index is -0.420. The number of rotatable bonds is 5. The molecular formula is C28H28N8O2. The average Bonchev–Trinajstić information content (AvgIpc) is 3.43. The summed E-state index contributed by atoms with van der Waals surface area (Å²) in [7, 11) is 1.62. The van der Waals surface area contributed by atoms with E-state index in [-0.39, 0.29) is 11.9 Å². The van der Waals surface area contributed by atoms with Crippen LogP contribution in [0.1, 0.15) is 44.6 Å². The molecule has 10 nitrogen and oxygen atoms in total. The molecule has 10 heteroatoms. The second kappa shape index (κ2) is 9.67. The Morgan fingerprint density at radius 2 is 2.00 bits per heavy atom. The molecule has 1 atom stereocenters. The van der Waals surface area contributed by atoms with E-state index in [1.54, 1.807) is 42.6 Å². The fraction of sp³-hybridized carbons (Fsp3) is 0.321. The number of hydrogen-bond donors (Lipinski definition) is 2. The van der Waals surface area contributed by atoms with Crippen molar-refractivity contribution in [3.63, 3.8) is 0 Å². The largest absolute Gasteiger partial charge is 0.494 e. The number of amides is 1. The molecule has 3 heterocycles. The summed E-state index contributed by atoms with van der Waals surface area (Å²) < 4.78 is 5.68. The molecule has 38 heavy (non-hydrogen) atoms. The second-order valence-electron chi connectivity index (χ2n) is 9.72. The maximum atomic E-state index is 13.8. The number of benzene rings is 2. The van der Waals surface area contributed by atoms with Crippen molar-refractivity contribution in [2.45, 2.75) is 51.1 Å². The molecule has 1 saturated carbocycles. The topological polar surface area (TPSA) is 123 Å². The van der Waals surface area contributed by atoms with Crippen LogP contribution in [-0.4, -0.2) is 45.3 Å². The van der Waals surface area contributed by atoms with Gasteiger partial charge in [0.2, 0.25) is 5.95 Å². The van der Waals surface area contributed by atoms with Gasteiger partial charge in [0.05, 0.1) is 53.4 Å². The smallest absolute Gasteiger partial charge is 0.254 e. The number of H-pyrrole nitrogens is 1. The summed E-state index contributed by atoms with van der Waals surface area (Å²) >= 11 is 0. The molecule has 1 aliphatic carbocycles. The number of methoxy groups -OCH3 is 1. The molecule has 2 aromatic heterocycles. The Hall–Kier alpha value is -4.65. The Labute approximate surface area is 220 Å². The minimum absolute atomic E-state index is 0.0606. The van der Waals surface area contributed by atoms with Gasteiger partial charge in [-0.1, -0.05) is 25.3 Å². The molecule has 0 radical (unpaired) electrons. The van der Waals surface area contributed by atoms with Crippen molar-refractivity contribution in [2.24, 2.45) is 0 Å². The van der Waals surface area contributed by atoms with Gasteiger partial charge in [-0.05, 0) is 50.1 Å². The lowest BCUT2D eigenvalue weighted by atomic mass is 9.92. The summed E-state index contributed by atoms with van der Waals surface area (Å²) in [5, 5.41) is 20.7. The van der Waals surface area contributed by atoms with Crippen molar-refractivity contribution in [2.75, 3.05) is 22.2 Å². The minimum Gasteiger partial charge on any atom is -0.494 e.